The van der Waals surface area contributed by atoms with E-state index in [0.29, 0.717) is 18.1 Å². The highest BCUT2D eigenvalue weighted by atomic mass is 19.1. The van der Waals surface area contributed by atoms with Gasteiger partial charge in [-0.15, -0.1) is 0 Å². The molecule has 1 spiro atoms. The summed E-state index contributed by atoms with van der Waals surface area (Å²) in [4.78, 5) is 32.9. The zero-order valence-electron chi connectivity index (χ0n) is 33.6. The molecule has 4 heterocycles. The molecule has 11 heteroatoms. The van der Waals surface area contributed by atoms with E-state index in [1.807, 2.05) is 74.6 Å². The van der Waals surface area contributed by atoms with Gasteiger partial charge in [0.05, 0.1) is 17.5 Å². The third kappa shape index (κ3) is 10.2. The van der Waals surface area contributed by atoms with Crippen molar-refractivity contribution in [3.63, 3.8) is 0 Å². The number of benzene rings is 1. The predicted molar refractivity (Wildman–Crippen MR) is 209 cm³/mol. The molecule has 1 atom stereocenters. The average Bonchev–Trinajstić information content (AvgIpc) is 3.12. The number of nitrogens with one attached hydrogen (secondary N) is 1. The van der Waals surface area contributed by atoms with Crippen LogP contribution in [-0.2, 0) is 6.42 Å². The number of nitrogens with zero attached hydrogens (tertiary/aromatic N) is 6. The Morgan fingerprint density at radius 2 is 1.75 bits per heavy atom. The van der Waals surface area contributed by atoms with Crippen molar-refractivity contribution in [1.29, 1.82) is 0 Å². The van der Waals surface area contributed by atoms with Crippen LogP contribution in [-0.4, -0.2) is 89.6 Å². The van der Waals surface area contributed by atoms with E-state index in [2.05, 4.69) is 39.2 Å². The van der Waals surface area contributed by atoms with E-state index >= 15 is 0 Å². The van der Waals surface area contributed by atoms with Gasteiger partial charge in [-0.3, -0.25) is 9.78 Å². The predicted octanol–water partition coefficient (Wildman–Crippen LogP) is 8.33. The van der Waals surface area contributed by atoms with E-state index in [4.69, 9.17) is 14.5 Å². The van der Waals surface area contributed by atoms with Gasteiger partial charge in [0, 0.05) is 61.9 Å². The first-order chi connectivity index (χ1) is 25.2. The maximum absolute atomic E-state index is 14.3. The molecule has 2 aromatic heterocycles. The number of hydrogen-bond acceptors (Lipinski definition) is 9. The lowest BCUT2D eigenvalue weighted by Gasteiger charge is -2.59. The molecule has 2 aliphatic heterocycles. The maximum Gasteiger partial charge on any atom is 0.257 e. The lowest BCUT2D eigenvalue weighted by Crippen LogP contribution is -2.65. The van der Waals surface area contributed by atoms with Crippen LogP contribution in [0.3, 0.4) is 0 Å². The fraction of sp³-hybridized carbons (Fsp3) is 0.610. The van der Waals surface area contributed by atoms with Crippen LogP contribution in [0.5, 0.6) is 17.2 Å². The Hall–Kier alpha value is -3.83. The number of rotatable bonds is 12. The van der Waals surface area contributed by atoms with E-state index < -0.39 is 5.82 Å². The number of anilines is 1. The summed E-state index contributed by atoms with van der Waals surface area (Å²) in [5.74, 6) is 1.59. The second kappa shape index (κ2) is 20.4. The second-order valence-electron chi connectivity index (χ2n) is 13.5. The lowest BCUT2D eigenvalue weighted by atomic mass is 9.61. The third-order valence-corrected chi connectivity index (χ3v) is 9.47. The van der Waals surface area contributed by atoms with E-state index in [9.17, 15) is 9.18 Å². The molecular formula is C41H64FN7O3. The molecule has 3 aromatic rings. The van der Waals surface area contributed by atoms with Gasteiger partial charge in [-0.25, -0.2) is 14.4 Å². The average molecular weight is 722 g/mol. The van der Waals surface area contributed by atoms with Crippen molar-refractivity contribution < 1.29 is 18.7 Å². The Bertz CT molecular complexity index is 1540. The third-order valence-electron chi connectivity index (χ3n) is 9.47. The van der Waals surface area contributed by atoms with Crippen molar-refractivity contribution >= 4 is 11.7 Å². The van der Waals surface area contributed by atoms with Gasteiger partial charge < -0.3 is 29.5 Å². The normalized spacial score (nSPS) is 16.9. The van der Waals surface area contributed by atoms with E-state index in [-0.39, 0.29) is 40.8 Å². The van der Waals surface area contributed by atoms with Crippen LogP contribution in [0.4, 0.5) is 10.2 Å². The van der Waals surface area contributed by atoms with Gasteiger partial charge in [0.2, 0.25) is 0 Å². The maximum atomic E-state index is 14.3. The van der Waals surface area contributed by atoms with Gasteiger partial charge in [0.15, 0.2) is 11.6 Å². The molecule has 1 aromatic carbocycles. The molecule has 1 N–H and O–H groups in total. The fourth-order valence-electron chi connectivity index (χ4n) is 7.23. The first kappa shape index (κ1) is 42.6. The van der Waals surface area contributed by atoms with Crippen LogP contribution in [0.1, 0.15) is 116 Å². The van der Waals surface area contributed by atoms with Crippen molar-refractivity contribution in [1.82, 2.24) is 30.1 Å². The summed E-state index contributed by atoms with van der Waals surface area (Å²) in [6, 6.07) is 6.30. The molecule has 52 heavy (non-hydrogen) atoms. The van der Waals surface area contributed by atoms with Gasteiger partial charge in [0.25, 0.3) is 5.91 Å². The lowest BCUT2D eigenvalue weighted by molar-refractivity contribution is -0.0352. The molecule has 0 radical (unpaired) electrons. The van der Waals surface area contributed by atoms with Crippen molar-refractivity contribution in [2.75, 3.05) is 51.7 Å². The van der Waals surface area contributed by atoms with Crippen molar-refractivity contribution in [2.45, 2.75) is 113 Å². The summed E-state index contributed by atoms with van der Waals surface area (Å²) in [7, 11) is 4.23. The molecule has 2 fully saturated rings. The molecule has 6 rings (SSSR count). The van der Waals surface area contributed by atoms with E-state index in [1.165, 1.54) is 30.1 Å². The van der Waals surface area contributed by atoms with Crippen molar-refractivity contribution in [2.24, 2.45) is 5.41 Å². The number of hydrogen-bond donors (Lipinski definition) is 1. The molecule has 0 bridgehead atoms. The number of amides is 1. The summed E-state index contributed by atoms with van der Waals surface area (Å²) >= 11 is 0. The Labute approximate surface area is 312 Å². The number of carbonyl (C=O) groups excluding carboxylic acids is 1. The molecule has 1 unspecified atom stereocenters. The van der Waals surface area contributed by atoms with Gasteiger partial charge >= 0.3 is 0 Å². The van der Waals surface area contributed by atoms with Crippen LogP contribution in [0, 0.1) is 11.2 Å². The molecule has 1 saturated carbocycles. The number of halogens is 1. The summed E-state index contributed by atoms with van der Waals surface area (Å²) in [5.41, 5.74) is 2.74. The molecule has 3 aliphatic rings. The minimum atomic E-state index is -0.491. The molecule has 1 amide bonds. The molecule has 288 valence electrons. The summed E-state index contributed by atoms with van der Waals surface area (Å²) in [6.45, 7) is 21.9. The molecule has 1 saturated heterocycles. The van der Waals surface area contributed by atoms with E-state index in [1.54, 1.807) is 11.1 Å². The van der Waals surface area contributed by atoms with Crippen LogP contribution in [0.25, 0.3) is 0 Å². The molecular weight excluding hydrogens is 657 g/mol. The summed E-state index contributed by atoms with van der Waals surface area (Å²) in [6.07, 6.45) is 10.2. The SMILES string of the molecule is CC.CC.CC.CCN(C(=O)c1cc(F)ccc1Oc1cncnc1N1CC2(CC(Oc3ccnc4c3C(CCCN(C)C)NCC4)C2)C1)C(C)C. The number of pyridine rings is 1. The number of carbonyl (C=O) groups is 1. The van der Waals surface area contributed by atoms with Crippen LogP contribution >= 0.6 is 0 Å². The Morgan fingerprint density at radius 1 is 1.04 bits per heavy atom. The minimum absolute atomic E-state index is 0.0352. The highest BCUT2D eigenvalue weighted by Crippen LogP contribution is 2.52. The largest absolute Gasteiger partial charge is 0.490 e. The first-order valence-electron chi connectivity index (χ1n) is 19.5. The number of ether oxygens (including phenoxy) is 2. The van der Waals surface area contributed by atoms with Gasteiger partial charge in [-0.05, 0) is 91.4 Å². The number of aromatic nitrogens is 3. The van der Waals surface area contributed by atoms with Crippen molar-refractivity contribution in [3.8, 4) is 17.2 Å². The van der Waals surface area contributed by atoms with Crippen LogP contribution in [0.2, 0.25) is 0 Å². The zero-order valence-corrected chi connectivity index (χ0v) is 33.6. The van der Waals surface area contributed by atoms with Gasteiger partial charge in [0.1, 0.15) is 29.7 Å². The second-order valence-corrected chi connectivity index (χ2v) is 13.5. The summed E-state index contributed by atoms with van der Waals surface area (Å²) < 4.78 is 27.2. The molecule has 1 aliphatic carbocycles. The van der Waals surface area contributed by atoms with Crippen LogP contribution < -0.4 is 19.7 Å². The summed E-state index contributed by atoms with van der Waals surface area (Å²) in [5, 5.41) is 3.70. The smallest absolute Gasteiger partial charge is 0.257 e. The number of fused-ring (bicyclic) bond motifs is 1. The first-order valence-corrected chi connectivity index (χ1v) is 19.5. The van der Waals surface area contributed by atoms with Crippen molar-refractivity contribution in [3.05, 3.63) is 65.6 Å². The highest BCUT2D eigenvalue weighted by Gasteiger charge is 2.54. The van der Waals surface area contributed by atoms with Crippen LogP contribution in [0.15, 0.2) is 43.0 Å². The van der Waals surface area contributed by atoms with Gasteiger partial charge in [-0.1, -0.05) is 41.5 Å². The zero-order chi connectivity index (χ0) is 38.4. The minimum Gasteiger partial charge on any atom is -0.490 e. The molecule has 10 nitrogen and oxygen atoms in total. The fourth-order valence-corrected chi connectivity index (χ4v) is 7.23. The quantitative estimate of drug-likeness (QED) is 0.198. The van der Waals surface area contributed by atoms with E-state index in [0.717, 1.165) is 69.7 Å². The topological polar surface area (TPSA) is 96.0 Å². The van der Waals surface area contributed by atoms with Gasteiger partial charge in [-0.2, -0.15) is 0 Å². The monoisotopic (exact) mass is 722 g/mol. The Morgan fingerprint density at radius 3 is 2.40 bits per heavy atom. The Kier molecular flexibility index (Phi) is 16.7. The standard InChI is InChI=1S/C35H46FN7O3.3C2H6/c1-6-43(23(2)3)34(44)26-16-24(36)9-10-29(26)46-31-19-37-22-40-33(31)42-20-35(21-42)17-25(18-35)45-30-12-14-39-28-11-13-38-27(32(28)30)8-7-15-41(4)5;3*1-2/h9-10,12,14,16,19,22-23,25,27,38H,6-8,11,13,15,17-18,20-21H2,1-5H3;3*1-2H3. The highest BCUT2D eigenvalue weighted by molar-refractivity contribution is 5.97. The Balaban J connectivity index is 0.00000116.